The van der Waals surface area contributed by atoms with Gasteiger partial charge < -0.3 is 15.5 Å². The molecule has 0 aromatic carbocycles. The zero-order chi connectivity index (χ0) is 18.3. The van der Waals surface area contributed by atoms with Crippen LogP contribution in [0.4, 0.5) is 0 Å². The second-order valence-electron chi connectivity index (χ2n) is 7.23. The first-order chi connectivity index (χ1) is 11.9. The lowest BCUT2D eigenvalue weighted by Gasteiger charge is -2.26. The van der Waals surface area contributed by atoms with Crippen molar-refractivity contribution in [3.63, 3.8) is 0 Å². The second kappa shape index (κ2) is 9.40. The molecule has 0 spiro atoms. The molecule has 0 bridgehead atoms. The zero-order valence-corrected chi connectivity index (χ0v) is 16.3. The van der Waals surface area contributed by atoms with E-state index in [4.69, 9.17) is 0 Å². The van der Waals surface area contributed by atoms with Gasteiger partial charge >= 0.3 is 0 Å². The molecule has 1 unspecified atom stereocenters. The van der Waals surface area contributed by atoms with Gasteiger partial charge in [-0.3, -0.25) is 9.79 Å². The summed E-state index contributed by atoms with van der Waals surface area (Å²) in [4.78, 5) is 18.8. The van der Waals surface area contributed by atoms with Crippen molar-refractivity contribution in [1.29, 1.82) is 0 Å². The van der Waals surface area contributed by atoms with Crippen LogP contribution >= 0.6 is 0 Å². The minimum Gasteiger partial charge on any atom is -0.356 e. The van der Waals surface area contributed by atoms with Crippen LogP contribution in [0.3, 0.4) is 0 Å². The molecule has 1 saturated carbocycles. The topological polar surface area (TPSA) is 90.9 Å². The van der Waals surface area contributed by atoms with Crippen molar-refractivity contribution >= 4 is 21.7 Å². The van der Waals surface area contributed by atoms with Crippen LogP contribution in [0.25, 0.3) is 0 Å². The summed E-state index contributed by atoms with van der Waals surface area (Å²) in [5.74, 6) is 1.39. The minimum atomic E-state index is -2.92. The first kappa shape index (κ1) is 20.0. The number of sulfone groups is 1. The zero-order valence-electron chi connectivity index (χ0n) is 15.5. The van der Waals surface area contributed by atoms with E-state index in [-0.39, 0.29) is 17.7 Å². The predicted molar refractivity (Wildman–Crippen MR) is 100 cm³/mol. The Bertz CT molecular complexity index is 570. The Hall–Kier alpha value is -1.31. The molecule has 25 heavy (non-hydrogen) atoms. The molecular weight excluding hydrogens is 340 g/mol. The molecule has 2 rings (SSSR count). The van der Waals surface area contributed by atoms with E-state index in [2.05, 4.69) is 15.6 Å². The van der Waals surface area contributed by atoms with E-state index < -0.39 is 9.84 Å². The van der Waals surface area contributed by atoms with Gasteiger partial charge in [-0.1, -0.05) is 19.3 Å². The van der Waals surface area contributed by atoms with Crippen LogP contribution in [0, 0.1) is 5.92 Å². The molecule has 8 heteroatoms. The van der Waals surface area contributed by atoms with E-state index in [0.29, 0.717) is 24.8 Å². The maximum atomic E-state index is 12.6. The van der Waals surface area contributed by atoms with Crippen LogP contribution in [0.2, 0.25) is 0 Å². The molecule has 7 nitrogen and oxygen atoms in total. The molecule has 1 heterocycles. The lowest BCUT2D eigenvalue weighted by Crippen LogP contribution is -2.46. The molecule has 0 aromatic heterocycles. The summed E-state index contributed by atoms with van der Waals surface area (Å²) in [6.45, 7) is 2.08. The van der Waals surface area contributed by atoms with Crippen molar-refractivity contribution in [2.75, 3.05) is 38.7 Å². The number of aliphatic imine (C=N–C) groups is 1. The third kappa shape index (κ3) is 6.84. The molecule has 0 radical (unpaired) electrons. The largest absolute Gasteiger partial charge is 0.356 e. The van der Waals surface area contributed by atoms with Gasteiger partial charge in [0.1, 0.15) is 9.84 Å². The second-order valence-corrected chi connectivity index (χ2v) is 9.49. The molecule has 0 aromatic rings. The first-order valence-electron chi connectivity index (χ1n) is 9.33. The summed E-state index contributed by atoms with van der Waals surface area (Å²) in [6, 6.07) is 0.202. The van der Waals surface area contributed by atoms with Crippen LogP contribution in [0.15, 0.2) is 4.99 Å². The minimum absolute atomic E-state index is 0.171. The fourth-order valence-electron chi connectivity index (χ4n) is 3.62. The van der Waals surface area contributed by atoms with Crippen molar-refractivity contribution in [3.05, 3.63) is 0 Å². The van der Waals surface area contributed by atoms with Crippen molar-refractivity contribution < 1.29 is 13.2 Å². The number of rotatable bonds is 6. The monoisotopic (exact) mass is 372 g/mol. The average Bonchev–Trinajstić information content (AvgIpc) is 3.05. The van der Waals surface area contributed by atoms with E-state index in [1.807, 2.05) is 4.90 Å². The van der Waals surface area contributed by atoms with Crippen molar-refractivity contribution in [2.24, 2.45) is 10.9 Å². The van der Waals surface area contributed by atoms with E-state index in [0.717, 1.165) is 32.4 Å². The summed E-state index contributed by atoms with van der Waals surface area (Å²) in [7, 11) is -1.22. The number of likely N-dealkylation sites (tertiary alicyclic amines) is 1. The van der Waals surface area contributed by atoms with Crippen molar-refractivity contribution in [1.82, 2.24) is 15.5 Å². The Balaban J connectivity index is 1.72. The highest BCUT2D eigenvalue weighted by molar-refractivity contribution is 7.90. The van der Waals surface area contributed by atoms with Gasteiger partial charge in [-0.05, 0) is 25.7 Å². The number of carbonyl (C=O) groups excluding carboxylic acids is 1. The van der Waals surface area contributed by atoms with Gasteiger partial charge in [-0.2, -0.15) is 0 Å². The van der Waals surface area contributed by atoms with E-state index in [1.54, 1.807) is 7.05 Å². The summed E-state index contributed by atoms with van der Waals surface area (Å²) >= 11 is 0. The van der Waals surface area contributed by atoms with E-state index in [9.17, 15) is 13.2 Å². The molecule has 1 saturated heterocycles. The summed E-state index contributed by atoms with van der Waals surface area (Å²) in [6.07, 6.45) is 8.41. The molecule has 2 N–H and O–H groups in total. The van der Waals surface area contributed by atoms with Crippen molar-refractivity contribution in [3.8, 4) is 0 Å². The van der Waals surface area contributed by atoms with Crippen LogP contribution < -0.4 is 10.6 Å². The number of hydrogen-bond acceptors (Lipinski definition) is 4. The molecular formula is C17H32N4O3S. The number of nitrogens with zero attached hydrogens (tertiary/aromatic N) is 2. The fraction of sp³-hybridized carbons (Fsp3) is 0.882. The lowest BCUT2D eigenvalue weighted by molar-refractivity contribution is -0.135. The number of hydrogen-bond donors (Lipinski definition) is 2. The van der Waals surface area contributed by atoms with Gasteiger partial charge in [-0.25, -0.2) is 8.42 Å². The molecule has 1 aliphatic carbocycles. The Morgan fingerprint density at radius 3 is 2.56 bits per heavy atom. The highest BCUT2D eigenvalue weighted by atomic mass is 32.2. The molecule has 1 aliphatic heterocycles. The number of nitrogens with one attached hydrogen (secondary N) is 2. The Kier molecular flexibility index (Phi) is 7.53. The third-order valence-corrected chi connectivity index (χ3v) is 6.03. The van der Waals surface area contributed by atoms with Gasteiger partial charge in [0.25, 0.3) is 0 Å². The van der Waals surface area contributed by atoms with E-state index in [1.165, 1.54) is 25.5 Å². The summed E-state index contributed by atoms with van der Waals surface area (Å²) in [5.41, 5.74) is 0. The summed E-state index contributed by atoms with van der Waals surface area (Å²) < 4.78 is 22.3. The molecule has 1 atom stereocenters. The third-order valence-electron chi connectivity index (χ3n) is 5.00. The van der Waals surface area contributed by atoms with Gasteiger partial charge in [0.2, 0.25) is 5.91 Å². The highest BCUT2D eigenvalue weighted by Gasteiger charge is 2.31. The van der Waals surface area contributed by atoms with Gasteiger partial charge in [-0.15, -0.1) is 0 Å². The van der Waals surface area contributed by atoms with Crippen LogP contribution in [-0.2, 0) is 14.6 Å². The SMILES string of the molecule is CN=C(NCCCS(C)(=O)=O)NC1CCN(C(=O)C2CCCCC2)C1. The smallest absolute Gasteiger partial charge is 0.225 e. The first-order valence-corrected chi connectivity index (χ1v) is 11.4. The maximum Gasteiger partial charge on any atom is 0.225 e. The number of guanidine groups is 1. The van der Waals surface area contributed by atoms with Crippen LogP contribution in [-0.4, -0.2) is 69.9 Å². The van der Waals surface area contributed by atoms with Crippen LogP contribution in [0.1, 0.15) is 44.9 Å². The predicted octanol–water partition coefficient (Wildman–Crippen LogP) is 0.767. The number of amides is 1. The Morgan fingerprint density at radius 1 is 1.20 bits per heavy atom. The van der Waals surface area contributed by atoms with E-state index >= 15 is 0 Å². The lowest BCUT2D eigenvalue weighted by atomic mass is 9.88. The quantitative estimate of drug-likeness (QED) is 0.408. The normalized spacial score (nSPS) is 22.9. The Morgan fingerprint density at radius 2 is 1.92 bits per heavy atom. The standard InChI is InChI=1S/C17H32N4O3S/c1-18-17(19-10-6-12-25(2,23)24)20-15-9-11-21(13-15)16(22)14-7-4-3-5-8-14/h14-15H,3-13H2,1-2H3,(H2,18,19,20). The molecule has 2 fully saturated rings. The van der Waals surface area contributed by atoms with Crippen LogP contribution in [0.5, 0.6) is 0 Å². The van der Waals surface area contributed by atoms with Gasteiger partial charge in [0, 0.05) is 44.9 Å². The summed E-state index contributed by atoms with van der Waals surface area (Å²) in [5, 5.41) is 6.49. The average molecular weight is 373 g/mol. The van der Waals surface area contributed by atoms with Gasteiger partial charge in [0.05, 0.1) is 5.75 Å². The fourth-order valence-corrected chi connectivity index (χ4v) is 4.28. The maximum absolute atomic E-state index is 12.6. The van der Waals surface area contributed by atoms with Crippen molar-refractivity contribution in [2.45, 2.75) is 51.0 Å². The van der Waals surface area contributed by atoms with Gasteiger partial charge in [0.15, 0.2) is 5.96 Å². The molecule has 2 aliphatic rings. The highest BCUT2D eigenvalue weighted by Crippen LogP contribution is 2.26. The molecule has 1 amide bonds. The Labute approximate surface area is 151 Å². The molecule has 144 valence electrons. The number of carbonyl (C=O) groups is 1.